The van der Waals surface area contributed by atoms with Gasteiger partial charge in [-0.05, 0) is 50.5 Å². The molecule has 1 aliphatic carbocycles. The van der Waals surface area contributed by atoms with Gasteiger partial charge in [-0.25, -0.2) is 4.79 Å². The van der Waals surface area contributed by atoms with Gasteiger partial charge in [-0.2, -0.15) is 0 Å². The van der Waals surface area contributed by atoms with Crippen molar-refractivity contribution in [3.63, 3.8) is 0 Å². The number of rotatable bonds is 8. The zero-order valence-electron chi connectivity index (χ0n) is 19.4. The number of carbonyl (C=O) groups excluding carboxylic acids is 1. The summed E-state index contributed by atoms with van der Waals surface area (Å²) in [7, 11) is 0. The van der Waals surface area contributed by atoms with Crippen LogP contribution in [0, 0.1) is 11.8 Å². The number of H-pyrrole nitrogens is 1. The number of hydrogen-bond donors (Lipinski definition) is 2. The van der Waals surface area contributed by atoms with E-state index in [9.17, 15) is 14.4 Å². The van der Waals surface area contributed by atoms with Gasteiger partial charge in [0.15, 0.2) is 5.69 Å². The van der Waals surface area contributed by atoms with Gasteiger partial charge in [0.2, 0.25) is 5.91 Å². The number of likely N-dealkylation sites (tertiary alicyclic amines) is 1. The predicted molar refractivity (Wildman–Crippen MR) is 124 cm³/mol. The molecule has 1 saturated carbocycles. The molecule has 1 amide bonds. The first-order valence-electron chi connectivity index (χ1n) is 12.0. The second kappa shape index (κ2) is 10.5. The number of nitrogens with one attached hydrogen (secondary N) is 1. The summed E-state index contributed by atoms with van der Waals surface area (Å²) in [5, 5.41) is 0. The standard InChI is InChI=1S/C23H39N5O3/c1-4-5-13-27(20-21(24)28(14-16(2)3)23(31)25-22(20)30)19(29)15-26-12-8-10-17-9-6-7-11-18(17)26/h16-18H,4-15,24H2,1-3H3,(H,25,30,31)/t17-,18-/m0/s1. The molecule has 2 fully saturated rings. The van der Waals surface area contributed by atoms with E-state index in [0.29, 0.717) is 31.6 Å². The SMILES string of the molecule is CCCCN(C(=O)CN1CCC[C@@H]2CCCC[C@@H]21)c1c(N)n(CC(C)C)c(=O)[nH]c1=O. The largest absolute Gasteiger partial charge is 0.383 e. The van der Waals surface area contributed by atoms with Crippen LogP contribution >= 0.6 is 0 Å². The van der Waals surface area contributed by atoms with Gasteiger partial charge in [-0.3, -0.25) is 24.0 Å². The molecule has 2 atom stereocenters. The van der Waals surface area contributed by atoms with Crippen molar-refractivity contribution >= 4 is 17.4 Å². The molecule has 3 rings (SSSR count). The van der Waals surface area contributed by atoms with Crippen molar-refractivity contribution in [2.75, 3.05) is 30.3 Å². The molecule has 0 aromatic carbocycles. The minimum atomic E-state index is -0.582. The summed E-state index contributed by atoms with van der Waals surface area (Å²) in [5.74, 6) is 0.837. The lowest BCUT2D eigenvalue weighted by Gasteiger charge is -2.44. The lowest BCUT2D eigenvalue weighted by atomic mass is 9.78. The third kappa shape index (κ3) is 5.40. The molecule has 8 heteroatoms. The van der Waals surface area contributed by atoms with Crippen molar-refractivity contribution in [3.05, 3.63) is 20.8 Å². The number of nitrogens with two attached hydrogens (primary N) is 1. The summed E-state index contributed by atoms with van der Waals surface area (Å²) in [6, 6.07) is 0.463. The topological polar surface area (TPSA) is 104 Å². The second-order valence-corrected chi connectivity index (χ2v) is 9.62. The summed E-state index contributed by atoms with van der Waals surface area (Å²) in [6.45, 7) is 8.04. The molecule has 1 saturated heterocycles. The Morgan fingerprint density at radius 1 is 1.19 bits per heavy atom. The third-order valence-corrected chi connectivity index (χ3v) is 6.76. The van der Waals surface area contributed by atoms with Gasteiger partial charge in [-0.1, -0.05) is 40.0 Å². The van der Waals surface area contributed by atoms with Crippen LogP contribution < -0.4 is 21.9 Å². The minimum Gasteiger partial charge on any atom is -0.383 e. The molecule has 1 aromatic heterocycles. The first kappa shape index (κ1) is 23.6. The van der Waals surface area contributed by atoms with Gasteiger partial charge < -0.3 is 10.6 Å². The first-order valence-corrected chi connectivity index (χ1v) is 12.0. The maximum absolute atomic E-state index is 13.5. The summed E-state index contributed by atoms with van der Waals surface area (Å²) in [4.78, 5) is 44.8. The number of fused-ring (bicyclic) bond motifs is 1. The zero-order valence-corrected chi connectivity index (χ0v) is 19.4. The highest BCUT2D eigenvalue weighted by Crippen LogP contribution is 2.35. The lowest BCUT2D eigenvalue weighted by molar-refractivity contribution is -0.121. The van der Waals surface area contributed by atoms with E-state index in [1.165, 1.54) is 35.2 Å². The number of carbonyl (C=O) groups is 1. The molecule has 2 heterocycles. The number of unbranched alkanes of at least 4 members (excludes halogenated alkanes) is 1. The smallest absolute Gasteiger partial charge is 0.330 e. The fourth-order valence-electron chi connectivity index (χ4n) is 5.25. The second-order valence-electron chi connectivity index (χ2n) is 9.62. The van der Waals surface area contributed by atoms with Gasteiger partial charge in [-0.15, -0.1) is 0 Å². The van der Waals surface area contributed by atoms with Gasteiger partial charge in [0.05, 0.1) is 6.54 Å². The number of piperidine rings is 1. The molecular formula is C23H39N5O3. The van der Waals surface area contributed by atoms with Crippen LogP contribution in [-0.2, 0) is 11.3 Å². The normalized spacial score (nSPS) is 21.8. The summed E-state index contributed by atoms with van der Waals surface area (Å²) < 4.78 is 1.38. The van der Waals surface area contributed by atoms with E-state index in [1.54, 1.807) is 0 Å². The molecule has 1 aliphatic heterocycles. The van der Waals surface area contributed by atoms with Crippen LogP contribution in [0.4, 0.5) is 11.5 Å². The highest BCUT2D eigenvalue weighted by molar-refractivity contribution is 5.96. The Balaban J connectivity index is 1.90. The number of aromatic amines is 1. The number of anilines is 2. The highest BCUT2D eigenvalue weighted by atomic mass is 16.2. The predicted octanol–water partition coefficient (Wildman–Crippen LogP) is 2.56. The molecule has 8 nitrogen and oxygen atoms in total. The number of nitrogens with zero attached hydrogens (tertiary/aromatic N) is 3. The van der Waals surface area contributed by atoms with Crippen LogP contribution in [0.2, 0.25) is 0 Å². The van der Waals surface area contributed by atoms with E-state index in [4.69, 9.17) is 5.73 Å². The van der Waals surface area contributed by atoms with Gasteiger partial charge >= 0.3 is 5.69 Å². The molecule has 0 unspecified atom stereocenters. The van der Waals surface area contributed by atoms with Gasteiger partial charge in [0.25, 0.3) is 5.56 Å². The van der Waals surface area contributed by atoms with Crippen LogP contribution in [0.3, 0.4) is 0 Å². The van der Waals surface area contributed by atoms with E-state index in [2.05, 4.69) is 9.88 Å². The van der Waals surface area contributed by atoms with E-state index >= 15 is 0 Å². The summed E-state index contributed by atoms with van der Waals surface area (Å²) in [6.07, 6.45) is 8.93. The molecule has 0 radical (unpaired) electrons. The quantitative estimate of drug-likeness (QED) is 0.656. The third-order valence-electron chi connectivity index (χ3n) is 6.76. The van der Waals surface area contributed by atoms with Crippen molar-refractivity contribution in [3.8, 4) is 0 Å². The molecule has 0 spiro atoms. The Bertz CT molecular complexity index is 873. The van der Waals surface area contributed by atoms with Crippen LogP contribution in [-0.4, -0.2) is 46.0 Å². The monoisotopic (exact) mass is 433 g/mol. The van der Waals surface area contributed by atoms with Crippen LogP contribution in [0.5, 0.6) is 0 Å². The fraction of sp³-hybridized carbons (Fsp3) is 0.783. The number of aromatic nitrogens is 2. The molecule has 174 valence electrons. The number of nitrogen functional groups attached to an aromatic ring is 1. The highest BCUT2D eigenvalue weighted by Gasteiger charge is 2.35. The molecule has 1 aromatic rings. The summed E-state index contributed by atoms with van der Waals surface area (Å²) in [5.41, 5.74) is 5.33. The van der Waals surface area contributed by atoms with Gasteiger partial charge in [0.1, 0.15) is 5.82 Å². The Hall–Kier alpha value is -2.09. The van der Waals surface area contributed by atoms with Crippen molar-refractivity contribution < 1.29 is 4.79 Å². The van der Waals surface area contributed by atoms with Crippen LogP contribution in [0.1, 0.15) is 72.1 Å². The van der Waals surface area contributed by atoms with Crippen molar-refractivity contribution in [1.82, 2.24) is 14.5 Å². The summed E-state index contributed by atoms with van der Waals surface area (Å²) >= 11 is 0. The van der Waals surface area contributed by atoms with E-state index < -0.39 is 11.2 Å². The average Bonchev–Trinajstić information content (AvgIpc) is 2.73. The lowest BCUT2D eigenvalue weighted by Crippen LogP contribution is -2.52. The van der Waals surface area contributed by atoms with E-state index in [-0.39, 0.29) is 23.3 Å². The maximum Gasteiger partial charge on any atom is 0.330 e. The van der Waals surface area contributed by atoms with Crippen LogP contribution in [0.25, 0.3) is 0 Å². The van der Waals surface area contributed by atoms with Crippen molar-refractivity contribution in [2.24, 2.45) is 11.8 Å². The number of hydrogen-bond acceptors (Lipinski definition) is 5. The fourth-order valence-corrected chi connectivity index (χ4v) is 5.25. The van der Waals surface area contributed by atoms with Crippen LogP contribution in [0.15, 0.2) is 9.59 Å². The van der Waals surface area contributed by atoms with Crippen molar-refractivity contribution in [1.29, 1.82) is 0 Å². The maximum atomic E-state index is 13.5. The van der Waals surface area contributed by atoms with E-state index in [0.717, 1.165) is 32.2 Å². The Morgan fingerprint density at radius 3 is 2.61 bits per heavy atom. The zero-order chi connectivity index (χ0) is 22.5. The minimum absolute atomic E-state index is 0.0843. The van der Waals surface area contributed by atoms with Gasteiger partial charge in [0, 0.05) is 19.1 Å². The Labute approximate surface area is 184 Å². The van der Waals surface area contributed by atoms with E-state index in [1.807, 2.05) is 20.8 Å². The molecule has 0 bridgehead atoms. The molecule has 31 heavy (non-hydrogen) atoms. The number of amides is 1. The van der Waals surface area contributed by atoms with Crippen molar-refractivity contribution in [2.45, 2.75) is 84.7 Å². The molecule has 3 N–H and O–H groups in total. The molecular weight excluding hydrogens is 394 g/mol. The first-order chi connectivity index (χ1) is 14.8. The molecule has 2 aliphatic rings. The average molecular weight is 434 g/mol. The Kier molecular flexibility index (Phi) is 7.97. The Morgan fingerprint density at radius 2 is 1.90 bits per heavy atom.